The predicted octanol–water partition coefficient (Wildman–Crippen LogP) is -0.286. The highest BCUT2D eigenvalue weighted by Gasteiger charge is 2.16. The first-order valence-corrected chi connectivity index (χ1v) is 6.10. The maximum absolute atomic E-state index is 11.7. The lowest BCUT2D eigenvalue weighted by Gasteiger charge is -2.09. The van der Waals surface area contributed by atoms with E-state index in [1.54, 1.807) is 0 Å². The number of aliphatic hydroxyl groups is 2. The molecular weight excluding hydrogens is 320 g/mol. The smallest absolute Gasteiger partial charge is 0.357 e. The number of ether oxygens (including phenoxy) is 1. The van der Waals surface area contributed by atoms with Crippen LogP contribution in [0, 0.1) is 0 Å². The van der Waals surface area contributed by atoms with Crippen LogP contribution in [0.5, 0.6) is 0 Å². The lowest BCUT2D eigenvalue weighted by atomic mass is 10.2. The Morgan fingerprint density at radius 2 is 2.21 bits per heavy atom. The molecule has 1 aromatic rings. The van der Waals surface area contributed by atoms with Crippen molar-refractivity contribution in [1.29, 1.82) is 0 Å². The number of carbonyl (C=O) groups is 2. The van der Waals surface area contributed by atoms with Crippen LogP contribution in [0.1, 0.15) is 21.0 Å². The van der Waals surface area contributed by atoms with Gasteiger partial charge in [-0.05, 0) is 28.1 Å². The minimum absolute atomic E-state index is 0.00809. The predicted molar refractivity (Wildman–Crippen MR) is 68.7 cm³/mol. The largest absolute Gasteiger partial charge is 0.464 e. The molecule has 8 heteroatoms. The molecule has 1 aromatic heterocycles. The summed E-state index contributed by atoms with van der Waals surface area (Å²) in [6.07, 6.45) is -1.04. The van der Waals surface area contributed by atoms with Crippen LogP contribution in [0.25, 0.3) is 0 Å². The Morgan fingerprint density at radius 3 is 2.79 bits per heavy atom. The average molecular weight is 333 g/mol. The van der Waals surface area contributed by atoms with Crippen molar-refractivity contribution in [2.75, 3.05) is 20.3 Å². The zero-order valence-corrected chi connectivity index (χ0v) is 11.7. The maximum Gasteiger partial charge on any atom is 0.357 e. The fourth-order valence-electron chi connectivity index (χ4n) is 1.17. The van der Waals surface area contributed by atoms with E-state index in [1.165, 1.54) is 19.2 Å². The first-order chi connectivity index (χ1) is 8.99. The highest BCUT2D eigenvalue weighted by atomic mass is 79.9. The summed E-state index contributed by atoms with van der Waals surface area (Å²) in [5, 5.41) is 20.1. The second kappa shape index (κ2) is 7.17. The van der Waals surface area contributed by atoms with Gasteiger partial charge in [0.15, 0.2) is 5.69 Å². The summed E-state index contributed by atoms with van der Waals surface area (Å²) in [6, 6.07) is 2.91. The SMILES string of the molecule is COC(=O)c1nc(C(=O)NC[C@@H](O)CO)ccc1Br. The highest BCUT2D eigenvalue weighted by Crippen LogP contribution is 2.16. The van der Waals surface area contributed by atoms with Gasteiger partial charge < -0.3 is 20.3 Å². The molecule has 0 spiro atoms. The Morgan fingerprint density at radius 1 is 1.53 bits per heavy atom. The summed E-state index contributed by atoms with van der Waals surface area (Å²) < 4.78 is 4.94. The summed E-state index contributed by atoms with van der Waals surface area (Å²) in [5.41, 5.74) is -0.00778. The van der Waals surface area contributed by atoms with Crippen molar-refractivity contribution < 1.29 is 24.5 Å². The monoisotopic (exact) mass is 332 g/mol. The summed E-state index contributed by atoms with van der Waals surface area (Å²) >= 11 is 3.13. The number of methoxy groups -OCH3 is 1. The van der Waals surface area contributed by atoms with Crippen LogP contribution >= 0.6 is 15.9 Å². The number of rotatable bonds is 5. The summed E-state index contributed by atoms with van der Waals surface area (Å²) in [6.45, 7) is -0.567. The molecule has 0 saturated carbocycles. The van der Waals surface area contributed by atoms with Gasteiger partial charge >= 0.3 is 5.97 Å². The molecule has 1 heterocycles. The Kier molecular flexibility index (Phi) is 5.87. The van der Waals surface area contributed by atoms with Gasteiger partial charge in [0.05, 0.1) is 24.3 Å². The van der Waals surface area contributed by atoms with Crippen LogP contribution < -0.4 is 5.32 Å². The molecule has 0 unspecified atom stereocenters. The average Bonchev–Trinajstić information content (AvgIpc) is 2.43. The maximum atomic E-state index is 11.7. The first kappa shape index (κ1) is 15.5. The third-order valence-corrected chi connectivity index (χ3v) is 2.81. The van der Waals surface area contributed by atoms with Crippen LogP contribution in [-0.4, -0.2) is 53.4 Å². The van der Waals surface area contributed by atoms with E-state index < -0.39 is 24.6 Å². The van der Waals surface area contributed by atoms with Gasteiger partial charge in [0, 0.05) is 6.54 Å². The number of hydrogen-bond acceptors (Lipinski definition) is 6. The van der Waals surface area contributed by atoms with Crippen molar-refractivity contribution in [3.8, 4) is 0 Å². The molecule has 0 aliphatic heterocycles. The number of carbonyl (C=O) groups excluding carboxylic acids is 2. The molecule has 0 aliphatic carbocycles. The van der Waals surface area contributed by atoms with E-state index in [1.807, 2.05) is 0 Å². The van der Waals surface area contributed by atoms with E-state index >= 15 is 0 Å². The molecule has 19 heavy (non-hydrogen) atoms. The quantitative estimate of drug-likeness (QED) is 0.639. The number of esters is 1. The topological polar surface area (TPSA) is 109 Å². The Bertz CT molecular complexity index is 480. The van der Waals surface area contributed by atoms with Crippen molar-refractivity contribution >= 4 is 27.8 Å². The minimum atomic E-state index is -1.04. The molecular formula is C11H13BrN2O5. The molecule has 0 radical (unpaired) electrons. The van der Waals surface area contributed by atoms with Crippen molar-refractivity contribution in [1.82, 2.24) is 10.3 Å². The van der Waals surface area contributed by atoms with E-state index in [-0.39, 0.29) is 17.9 Å². The number of amides is 1. The fraction of sp³-hybridized carbons (Fsp3) is 0.364. The van der Waals surface area contributed by atoms with E-state index in [4.69, 9.17) is 10.2 Å². The number of aliphatic hydroxyl groups excluding tert-OH is 2. The number of hydrogen-bond donors (Lipinski definition) is 3. The van der Waals surface area contributed by atoms with Crippen molar-refractivity contribution in [3.05, 3.63) is 28.0 Å². The molecule has 7 nitrogen and oxygen atoms in total. The van der Waals surface area contributed by atoms with Crippen LogP contribution in [-0.2, 0) is 4.74 Å². The van der Waals surface area contributed by atoms with Crippen LogP contribution in [0.15, 0.2) is 16.6 Å². The number of nitrogens with one attached hydrogen (secondary N) is 1. The van der Waals surface area contributed by atoms with Crippen molar-refractivity contribution in [3.63, 3.8) is 0 Å². The Hall–Kier alpha value is -1.51. The highest BCUT2D eigenvalue weighted by molar-refractivity contribution is 9.10. The number of halogens is 1. The van der Waals surface area contributed by atoms with Crippen molar-refractivity contribution in [2.45, 2.75) is 6.10 Å². The van der Waals surface area contributed by atoms with Gasteiger partial charge in [0.2, 0.25) is 0 Å². The third-order valence-electron chi connectivity index (χ3n) is 2.17. The molecule has 0 aromatic carbocycles. The summed E-state index contributed by atoms with van der Waals surface area (Å²) in [4.78, 5) is 27.0. The third kappa shape index (κ3) is 4.27. The van der Waals surface area contributed by atoms with E-state index in [2.05, 4.69) is 31.0 Å². The number of nitrogens with zero attached hydrogens (tertiary/aromatic N) is 1. The molecule has 104 valence electrons. The van der Waals surface area contributed by atoms with Gasteiger partial charge in [-0.15, -0.1) is 0 Å². The molecule has 0 fully saturated rings. The Balaban J connectivity index is 2.84. The van der Waals surface area contributed by atoms with Gasteiger partial charge in [-0.1, -0.05) is 0 Å². The molecule has 0 bridgehead atoms. The zero-order chi connectivity index (χ0) is 14.4. The number of pyridine rings is 1. The van der Waals surface area contributed by atoms with E-state index in [0.717, 1.165) is 0 Å². The van der Waals surface area contributed by atoms with E-state index in [9.17, 15) is 9.59 Å². The molecule has 1 atom stereocenters. The second-order valence-corrected chi connectivity index (χ2v) is 4.42. The lowest BCUT2D eigenvalue weighted by Crippen LogP contribution is -2.34. The molecule has 0 aliphatic rings. The summed E-state index contributed by atoms with van der Waals surface area (Å²) in [5.74, 6) is -1.23. The number of aromatic nitrogens is 1. The van der Waals surface area contributed by atoms with Crippen molar-refractivity contribution in [2.24, 2.45) is 0 Å². The van der Waals surface area contributed by atoms with Crippen LogP contribution in [0.2, 0.25) is 0 Å². The van der Waals surface area contributed by atoms with Gasteiger partial charge in [-0.25, -0.2) is 9.78 Å². The van der Waals surface area contributed by atoms with Crippen LogP contribution in [0.4, 0.5) is 0 Å². The standard InChI is InChI=1S/C11H13BrN2O5/c1-19-11(18)9-7(12)2-3-8(14-9)10(17)13-4-6(16)5-15/h2-3,6,15-16H,4-5H2,1H3,(H,13,17)/t6-/m1/s1. The first-order valence-electron chi connectivity index (χ1n) is 5.31. The van der Waals surface area contributed by atoms with E-state index in [0.29, 0.717) is 4.47 Å². The van der Waals surface area contributed by atoms with Gasteiger partial charge in [0.1, 0.15) is 5.69 Å². The zero-order valence-electron chi connectivity index (χ0n) is 10.1. The summed E-state index contributed by atoms with van der Waals surface area (Å²) in [7, 11) is 1.21. The molecule has 0 saturated heterocycles. The normalized spacial score (nSPS) is 11.8. The van der Waals surface area contributed by atoms with Gasteiger partial charge in [-0.3, -0.25) is 4.79 Å². The molecule has 1 rings (SSSR count). The Labute approximate surface area is 117 Å². The molecule has 3 N–H and O–H groups in total. The van der Waals surface area contributed by atoms with Crippen LogP contribution in [0.3, 0.4) is 0 Å². The van der Waals surface area contributed by atoms with Gasteiger partial charge in [0.25, 0.3) is 5.91 Å². The lowest BCUT2D eigenvalue weighted by molar-refractivity contribution is 0.0592. The minimum Gasteiger partial charge on any atom is -0.464 e. The molecule has 1 amide bonds. The fourth-order valence-corrected chi connectivity index (χ4v) is 1.56. The van der Waals surface area contributed by atoms with Gasteiger partial charge in [-0.2, -0.15) is 0 Å². The second-order valence-electron chi connectivity index (χ2n) is 3.56.